The van der Waals surface area contributed by atoms with E-state index in [-0.39, 0.29) is 11.3 Å². The second-order valence-corrected chi connectivity index (χ2v) is 4.88. The van der Waals surface area contributed by atoms with Gasteiger partial charge in [-0.2, -0.15) is 0 Å². The number of ketones is 1. The molecule has 2 nitrogen and oxygen atoms in total. The van der Waals surface area contributed by atoms with Gasteiger partial charge in [-0.1, -0.05) is 18.5 Å². The van der Waals surface area contributed by atoms with Crippen molar-refractivity contribution in [3.05, 3.63) is 34.6 Å². The number of hydrogen-bond donors (Lipinski definition) is 1. The van der Waals surface area contributed by atoms with Crippen LogP contribution in [0.5, 0.6) is 0 Å². The smallest absolute Gasteiger partial charge is 0.172 e. The van der Waals surface area contributed by atoms with E-state index < -0.39 is 11.2 Å². The topological polar surface area (TPSA) is 29.1 Å². The molecule has 1 atom stereocenters. The molecule has 16 heavy (non-hydrogen) atoms. The maximum Gasteiger partial charge on any atom is 0.172 e. The summed E-state index contributed by atoms with van der Waals surface area (Å²) in [4.78, 5) is 12.2. The zero-order valence-corrected chi connectivity index (χ0v) is 9.77. The molecule has 0 bridgehead atoms. The first-order chi connectivity index (χ1) is 7.53. The van der Waals surface area contributed by atoms with E-state index in [2.05, 4.69) is 5.32 Å². The highest BCUT2D eigenvalue weighted by molar-refractivity contribution is 6.30. The molecule has 0 aliphatic carbocycles. The van der Waals surface area contributed by atoms with E-state index in [0.29, 0.717) is 11.6 Å². The van der Waals surface area contributed by atoms with Gasteiger partial charge in [0.15, 0.2) is 5.78 Å². The van der Waals surface area contributed by atoms with E-state index in [1.807, 2.05) is 6.92 Å². The minimum absolute atomic E-state index is 0.135. The molecule has 0 aromatic heterocycles. The van der Waals surface area contributed by atoms with E-state index >= 15 is 0 Å². The van der Waals surface area contributed by atoms with Gasteiger partial charge in [0.1, 0.15) is 5.82 Å². The zero-order valence-electron chi connectivity index (χ0n) is 9.02. The van der Waals surface area contributed by atoms with Gasteiger partial charge in [-0.05, 0) is 31.2 Å². The Morgan fingerprint density at radius 1 is 1.56 bits per heavy atom. The molecule has 1 aliphatic rings. The lowest BCUT2D eigenvalue weighted by Gasteiger charge is -2.21. The average molecular weight is 242 g/mol. The van der Waals surface area contributed by atoms with Crippen molar-refractivity contribution in [2.45, 2.75) is 13.3 Å². The summed E-state index contributed by atoms with van der Waals surface area (Å²) in [5.74, 6) is -0.683. The molecule has 1 fully saturated rings. The normalized spacial score (nSPS) is 24.7. The molecule has 1 aliphatic heterocycles. The van der Waals surface area contributed by atoms with E-state index in [1.165, 1.54) is 12.1 Å². The lowest BCUT2D eigenvalue weighted by Crippen LogP contribution is -2.30. The summed E-state index contributed by atoms with van der Waals surface area (Å²) in [6.45, 7) is 3.27. The van der Waals surface area contributed by atoms with Crippen LogP contribution >= 0.6 is 11.6 Å². The van der Waals surface area contributed by atoms with Crippen LogP contribution in [0.25, 0.3) is 0 Å². The summed E-state index contributed by atoms with van der Waals surface area (Å²) < 4.78 is 13.6. The summed E-state index contributed by atoms with van der Waals surface area (Å²) in [6.07, 6.45) is 0.744. The molecule has 1 unspecified atom stereocenters. The first-order valence-corrected chi connectivity index (χ1v) is 5.61. The highest BCUT2D eigenvalue weighted by Gasteiger charge is 2.37. The van der Waals surface area contributed by atoms with Gasteiger partial charge in [0.05, 0.1) is 5.56 Å². The number of Topliss-reactive ketones (excluding diaryl/α,β-unsaturated/α-hetero) is 1. The minimum atomic E-state index is -0.536. The lowest BCUT2D eigenvalue weighted by molar-refractivity contribution is 0.0835. The van der Waals surface area contributed by atoms with Gasteiger partial charge in [0, 0.05) is 17.0 Å². The summed E-state index contributed by atoms with van der Waals surface area (Å²) in [7, 11) is 0. The highest BCUT2D eigenvalue weighted by Crippen LogP contribution is 2.30. The number of hydrogen-bond acceptors (Lipinski definition) is 2. The molecule has 0 radical (unpaired) electrons. The van der Waals surface area contributed by atoms with Crippen LogP contribution in [0.3, 0.4) is 0 Å². The second kappa shape index (κ2) is 4.15. The largest absolute Gasteiger partial charge is 0.316 e. The van der Waals surface area contributed by atoms with Crippen LogP contribution in [0.4, 0.5) is 4.39 Å². The van der Waals surface area contributed by atoms with Crippen molar-refractivity contribution in [2.75, 3.05) is 13.1 Å². The SMILES string of the molecule is CC1(C(=O)c2ccc(Cl)cc2F)CCNC1. The Hall–Kier alpha value is -0.930. The predicted octanol–water partition coefficient (Wildman–Crippen LogP) is 2.66. The van der Waals surface area contributed by atoms with Crippen molar-refractivity contribution >= 4 is 17.4 Å². The molecule has 0 saturated carbocycles. The van der Waals surface area contributed by atoms with E-state index in [4.69, 9.17) is 11.6 Å². The molecule has 4 heteroatoms. The van der Waals surface area contributed by atoms with Gasteiger partial charge in [-0.3, -0.25) is 4.79 Å². The van der Waals surface area contributed by atoms with Crippen LogP contribution in [-0.2, 0) is 0 Å². The summed E-state index contributed by atoms with van der Waals surface area (Å²) in [5.41, 5.74) is -0.357. The fourth-order valence-corrected chi connectivity index (χ4v) is 2.17. The van der Waals surface area contributed by atoms with Crippen molar-refractivity contribution in [2.24, 2.45) is 5.41 Å². The van der Waals surface area contributed by atoms with Crippen molar-refractivity contribution in [3.8, 4) is 0 Å². The fraction of sp³-hybridized carbons (Fsp3) is 0.417. The Bertz CT molecular complexity index is 427. The molecule has 86 valence electrons. The van der Waals surface area contributed by atoms with Crippen LogP contribution in [0.2, 0.25) is 5.02 Å². The van der Waals surface area contributed by atoms with E-state index in [0.717, 1.165) is 13.0 Å². The molecule has 0 amide bonds. The molecule has 1 saturated heterocycles. The molecule has 0 spiro atoms. The average Bonchev–Trinajstić information content (AvgIpc) is 2.66. The highest BCUT2D eigenvalue weighted by atomic mass is 35.5. The van der Waals surface area contributed by atoms with Gasteiger partial charge in [0.2, 0.25) is 0 Å². The minimum Gasteiger partial charge on any atom is -0.316 e. The summed E-state index contributed by atoms with van der Waals surface area (Å²) in [5, 5.41) is 3.43. The third-order valence-corrected chi connectivity index (χ3v) is 3.33. The maximum absolute atomic E-state index is 13.6. The fourth-order valence-electron chi connectivity index (χ4n) is 2.01. The molecule has 1 aromatic carbocycles. The van der Waals surface area contributed by atoms with Crippen LogP contribution < -0.4 is 5.32 Å². The van der Waals surface area contributed by atoms with Crippen LogP contribution in [0.15, 0.2) is 18.2 Å². The Morgan fingerprint density at radius 3 is 2.88 bits per heavy atom. The van der Waals surface area contributed by atoms with Gasteiger partial charge in [-0.25, -0.2) is 4.39 Å². The standard InChI is InChI=1S/C12H13ClFNO/c1-12(4-5-15-7-12)11(16)9-3-2-8(13)6-10(9)14/h2-3,6,15H,4-5,7H2,1H3. The lowest BCUT2D eigenvalue weighted by atomic mass is 9.81. The van der Waals surface area contributed by atoms with Gasteiger partial charge in [-0.15, -0.1) is 0 Å². The number of benzene rings is 1. The quantitative estimate of drug-likeness (QED) is 0.807. The second-order valence-electron chi connectivity index (χ2n) is 4.44. The Morgan fingerprint density at radius 2 is 2.31 bits per heavy atom. The molecule has 1 aromatic rings. The molecule has 2 rings (SSSR count). The number of carbonyl (C=O) groups excluding carboxylic acids is 1. The monoisotopic (exact) mass is 241 g/mol. The molecular weight excluding hydrogens is 229 g/mol. The summed E-state index contributed by atoms with van der Waals surface area (Å²) in [6, 6.07) is 4.19. The molecular formula is C12H13ClFNO. The van der Waals surface area contributed by atoms with Crippen molar-refractivity contribution < 1.29 is 9.18 Å². The Labute approximate surface area is 98.8 Å². The Balaban J connectivity index is 2.33. The van der Waals surface area contributed by atoms with Crippen molar-refractivity contribution in [3.63, 3.8) is 0 Å². The van der Waals surface area contributed by atoms with E-state index in [9.17, 15) is 9.18 Å². The number of halogens is 2. The van der Waals surface area contributed by atoms with Gasteiger partial charge >= 0.3 is 0 Å². The number of carbonyl (C=O) groups is 1. The maximum atomic E-state index is 13.6. The molecule has 1 N–H and O–H groups in total. The van der Waals surface area contributed by atoms with Gasteiger partial charge < -0.3 is 5.32 Å². The van der Waals surface area contributed by atoms with Crippen molar-refractivity contribution in [1.82, 2.24) is 5.32 Å². The first kappa shape index (κ1) is 11.6. The zero-order chi connectivity index (χ0) is 11.8. The van der Waals surface area contributed by atoms with E-state index in [1.54, 1.807) is 6.07 Å². The third kappa shape index (κ3) is 1.97. The van der Waals surface area contributed by atoms with Crippen LogP contribution in [0.1, 0.15) is 23.7 Å². The summed E-state index contributed by atoms with van der Waals surface area (Å²) >= 11 is 5.65. The number of nitrogens with one attached hydrogen (secondary N) is 1. The van der Waals surface area contributed by atoms with Crippen LogP contribution in [0, 0.1) is 11.2 Å². The van der Waals surface area contributed by atoms with Gasteiger partial charge in [0.25, 0.3) is 0 Å². The number of rotatable bonds is 2. The Kier molecular flexibility index (Phi) is 3.00. The van der Waals surface area contributed by atoms with Crippen molar-refractivity contribution in [1.29, 1.82) is 0 Å². The van der Waals surface area contributed by atoms with Crippen LogP contribution in [-0.4, -0.2) is 18.9 Å². The predicted molar refractivity (Wildman–Crippen MR) is 61.3 cm³/mol. The molecule has 1 heterocycles. The third-order valence-electron chi connectivity index (χ3n) is 3.09. The first-order valence-electron chi connectivity index (χ1n) is 5.23.